The van der Waals surface area contributed by atoms with E-state index in [1.54, 1.807) is 0 Å². The topological polar surface area (TPSA) is 110 Å². The highest BCUT2D eigenvalue weighted by Gasteiger charge is 2.55. The predicted molar refractivity (Wildman–Crippen MR) is 122 cm³/mol. The van der Waals surface area contributed by atoms with Crippen LogP contribution in [0.3, 0.4) is 0 Å². The van der Waals surface area contributed by atoms with Crippen molar-refractivity contribution in [2.75, 3.05) is 13.2 Å². The number of aliphatic hydroxyl groups is 1. The fourth-order valence-corrected chi connectivity index (χ4v) is 4.92. The van der Waals surface area contributed by atoms with Gasteiger partial charge in [-0.05, 0) is 56.4 Å². The van der Waals surface area contributed by atoms with Crippen molar-refractivity contribution in [3.05, 3.63) is 53.1 Å². The van der Waals surface area contributed by atoms with Crippen LogP contribution in [0.5, 0.6) is 11.5 Å². The maximum absolute atomic E-state index is 13.5. The van der Waals surface area contributed by atoms with E-state index >= 15 is 0 Å². The molecule has 3 saturated carbocycles. The quantitative estimate of drug-likeness (QED) is 0.439. The van der Waals surface area contributed by atoms with Crippen molar-refractivity contribution in [2.45, 2.75) is 55.5 Å². The zero-order valence-electron chi connectivity index (χ0n) is 19.4. The largest absolute Gasteiger partial charge is 0.484 e. The van der Waals surface area contributed by atoms with Crippen LogP contribution < -0.4 is 20.1 Å². The Morgan fingerprint density at radius 3 is 2.22 bits per heavy atom. The van der Waals surface area contributed by atoms with E-state index in [-0.39, 0.29) is 29.5 Å². The number of halogens is 5. The minimum absolute atomic E-state index is 0.00114. The van der Waals surface area contributed by atoms with Gasteiger partial charge in [-0.2, -0.15) is 13.2 Å². The monoisotopic (exact) mass is 545 g/mol. The second-order valence-corrected chi connectivity index (χ2v) is 9.69. The molecule has 1 atom stereocenters. The summed E-state index contributed by atoms with van der Waals surface area (Å²) in [6, 6.07) is 5.66. The number of rotatable bonds is 8. The van der Waals surface area contributed by atoms with Crippen LogP contribution in [-0.2, 0) is 15.8 Å². The van der Waals surface area contributed by atoms with E-state index in [1.165, 1.54) is 12.1 Å². The first-order valence-electron chi connectivity index (χ1n) is 11.4. The molecule has 0 unspecified atom stereocenters. The number of aliphatic hydroxyl groups excluding tert-OH is 1. The molecule has 0 spiro atoms. The van der Waals surface area contributed by atoms with Crippen LogP contribution in [-0.4, -0.2) is 52.3 Å². The molecule has 2 aromatic rings. The number of nitrogens with one attached hydrogen (secondary N) is 2. The zero-order chi connectivity index (χ0) is 26.8. The fourth-order valence-electron chi connectivity index (χ4n) is 4.81. The highest BCUT2D eigenvalue weighted by Crippen LogP contribution is 2.47. The molecule has 3 aliphatic rings. The third kappa shape index (κ3) is 6.24. The number of ether oxygens (including phenoxy) is 2. The molecule has 1 heterocycles. The Labute approximate surface area is 214 Å². The lowest BCUT2D eigenvalue weighted by atomic mass is 9.60. The Kier molecular flexibility index (Phi) is 7.52. The van der Waals surface area contributed by atoms with Crippen LogP contribution in [0.15, 0.2) is 36.5 Å². The van der Waals surface area contributed by atoms with Gasteiger partial charge in [-0.1, -0.05) is 11.6 Å². The second-order valence-electron chi connectivity index (χ2n) is 9.28. The molecule has 0 aliphatic heterocycles. The van der Waals surface area contributed by atoms with Gasteiger partial charge in [0.2, 0.25) is 0 Å². The Hall–Kier alpha value is -3.12. The van der Waals surface area contributed by atoms with E-state index in [9.17, 15) is 32.3 Å². The number of pyridine rings is 1. The first kappa shape index (κ1) is 26.9. The number of hydrogen-bond acceptors (Lipinski definition) is 6. The molecule has 1 aromatic carbocycles. The Bertz CT molecular complexity index is 1150. The van der Waals surface area contributed by atoms with Crippen LogP contribution in [0.4, 0.5) is 17.6 Å². The van der Waals surface area contributed by atoms with Gasteiger partial charge in [-0.15, -0.1) is 0 Å². The molecule has 1 aromatic heterocycles. The average molecular weight is 546 g/mol. The van der Waals surface area contributed by atoms with Crippen LogP contribution in [0, 0.1) is 5.82 Å². The molecule has 37 heavy (non-hydrogen) atoms. The lowest BCUT2D eigenvalue weighted by Gasteiger charge is -2.56. The smallest absolute Gasteiger partial charge is 0.433 e. The van der Waals surface area contributed by atoms with Gasteiger partial charge in [0.05, 0.1) is 22.9 Å². The maximum atomic E-state index is 13.5. The van der Waals surface area contributed by atoms with E-state index in [0.717, 1.165) is 24.4 Å². The summed E-state index contributed by atoms with van der Waals surface area (Å²) in [4.78, 5) is 28.3. The summed E-state index contributed by atoms with van der Waals surface area (Å²) < 4.78 is 61.9. The predicted octanol–water partition coefficient (Wildman–Crippen LogP) is 3.40. The lowest BCUT2D eigenvalue weighted by molar-refractivity contribution is -0.141. The van der Waals surface area contributed by atoms with Crippen molar-refractivity contribution in [1.29, 1.82) is 0 Å². The molecular weight excluding hydrogens is 522 g/mol. The first-order valence-corrected chi connectivity index (χ1v) is 11.8. The molecule has 0 radical (unpaired) electrons. The number of hydrogen-bond donors (Lipinski definition) is 3. The molecular formula is C24H24ClF4N3O5. The van der Waals surface area contributed by atoms with Gasteiger partial charge in [-0.25, -0.2) is 9.37 Å². The highest BCUT2D eigenvalue weighted by molar-refractivity contribution is 6.30. The van der Waals surface area contributed by atoms with E-state index < -0.39 is 53.3 Å². The molecule has 13 heteroatoms. The summed E-state index contributed by atoms with van der Waals surface area (Å²) in [5, 5.41) is 16.5. The van der Waals surface area contributed by atoms with Gasteiger partial charge < -0.3 is 25.2 Å². The van der Waals surface area contributed by atoms with Crippen LogP contribution >= 0.6 is 11.6 Å². The third-order valence-electron chi connectivity index (χ3n) is 6.77. The molecule has 0 saturated heterocycles. The van der Waals surface area contributed by atoms with Crippen molar-refractivity contribution >= 4 is 23.4 Å². The van der Waals surface area contributed by atoms with Gasteiger partial charge in [0, 0.05) is 11.6 Å². The van der Waals surface area contributed by atoms with Crippen molar-refractivity contribution in [2.24, 2.45) is 0 Å². The van der Waals surface area contributed by atoms with Crippen molar-refractivity contribution in [1.82, 2.24) is 15.6 Å². The average Bonchev–Trinajstić information content (AvgIpc) is 2.84. The van der Waals surface area contributed by atoms with Crippen LogP contribution in [0.2, 0.25) is 5.02 Å². The Balaban J connectivity index is 1.26. The molecule has 3 aliphatic carbocycles. The van der Waals surface area contributed by atoms with Gasteiger partial charge in [0.15, 0.2) is 13.2 Å². The summed E-state index contributed by atoms with van der Waals surface area (Å²) in [5.74, 6) is -1.49. The highest BCUT2D eigenvalue weighted by atomic mass is 35.5. The molecule has 2 bridgehead atoms. The molecule has 3 fully saturated rings. The number of nitrogens with zero attached hydrogens (tertiary/aromatic N) is 1. The second kappa shape index (κ2) is 10.3. The van der Waals surface area contributed by atoms with E-state index in [2.05, 4.69) is 15.6 Å². The normalized spacial score (nSPS) is 24.9. The number of carbonyl (C=O) groups excluding carboxylic acids is 2. The van der Waals surface area contributed by atoms with Crippen LogP contribution in [0.1, 0.15) is 37.8 Å². The standard InChI is InChI=1S/C24H24ClF4N3O5/c25-16-3-1-14(9-17(16)26)36-12-20(34)31-22-5-7-23(8-6-22,19(33)10-22)32-21(35)13-37-15-2-4-18(30-11-15)24(27,28)29/h1-4,9,11,19,33H,5-8,10,12-13H2,(H,31,34)(H,32,35)/t19-,22?,23?/m1/s1. The first-order chi connectivity index (χ1) is 17.4. The van der Waals surface area contributed by atoms with Crippen molar-refractivity contribution in [3.8, 4) is 11.5 Å². The van der Waals surface area contributed by atoms with Gasteiger partial charge in [-0.3, -0.25) is 9.59 Å². The molecule has 200 valence electrons. The van der Waals surface area contributed by atoms with Crippen molar-refractivity contribution < 1.29 is 41.7 Å². The Morgan fingerprint density at radius 1 is 1.03 bits per heavy atom. The zero-order valence-corrected chi connectivity index (χ0v) is 20.2. The lowest BCUT2D eigenvalue weighted by Crippen LogP contribution is -2.70. The number of fused-ring (bicyclic) bond motifs is 3. The minimum atomic E-state index is -4.58. The van der Waals surface area contributed by atoms with Gasteiger partial charge >= 0.3 is 6.18 Å². The van der Waals surface area contributed by atoms with Crippen LogP contribution in [0.25, 0.3) is 0 Å². The Morgan fingerprint density at radius 2 is 1.65 bits per heavy atom. The number of carbonyl (C=O) groups is 2. The van der Waals surface area contributed by atoms with E-state index in [4.69, 9.17) is 21.1 Å². The number of aromatic nitrogens is 1. The summed E-state index contributed by atoms with van der Waals surface area (Å²) in [7, 11) is 0. The molecule has 3 N–H and O–H groups in total. The third-order valence-corrected chi connectivity index (χ3v) is 7.08. The molecule has 5 rings (SSSR count). The number of amides is 2. The van der Waals surface area contributed by atoms with Gasteiger partial charge in [0.25, 0.3) is 11.8 Å². The summed E-state index contributed by atoms with van der Waals surface area (Å²) >= 11 is 5.63. The SMILES string of the molecule is O=C(COc1ccc(Cl)c(F)c1)NC12CCC(NC(=O)COc3ccc(C(F)(F)F)nc3)(CC1)[C@H](O)C2. The van der Waals surface area contributed by atoms with E-state index in [1.807, 2.05) is 0 Å². The summed E-state index contributed by atoms with van der Waals surface area (Å²) in [6.07, 6.45) is -2.66. The van der Waals surface area contributed by atoms with Crippen molar-refractivity contribution in [3.63, 3.8) is 0 Å². The summed E-state index contributed by atoms with van der Waals surface area (Å²) in [5.41, 5.74) is -2.64. The number of benzene rings is 1. The number of alkyl halides is 3. The minimum Gasteiger partial charge on any atom is -0.484 e. The fraction of sp³-hybridized carbons (Fsp3) is 0.458. The summed E-state index contributed by atoms with van der Waals surface area (Å²) in [6.45, 7) is -0.817. The van der Waals surface area contributed by atoms with E-state index in [0.29, 0.717) is 25.7 Å². The maximum Gasteiger partial charge on any atom is 0.433 e. The molecule has 8 nitrogen and oxygen atoms in total. The van der Waals surface area contributed by atoms with Gasteiger partial charge in [0.1, 0.15) is 23.0 Å². The molecule has 2 amide bonds.